The second-order valence-electron chi connectivity index (χ2n) is 6.77. The van der Waals surface area contributed by atoms with Gasteiger partial charge in [-0.05, 0) is 43.7 Å². The van der Waals surface area contributed by atoms with Crippen molar-refractivity contribution in [2.75, 3.05) is 26.2 Å². The lowest BCUT2D eigenvalue weighted by atomic mass is 9.99. The normalized spacial score (nSPS) is 24.0. The largest absolute Gasteiger partial charge is 0.376 e. The maximum Gasteiger partial charge on any atom is 0.269 e. The molecule has 0 aromatic carbocycles. The molecule has 0 aliphatic carbocycles. The first-order valence-corrected chi connectivity index (χ1v) is 8.78. The van der Waals surface area contributed by atoms with Crippen LogP contribution in [0.4, 0.5) is 0 Å². The van der Waals surface area contributed by atoms with E-state index in [1.165, 1.54) is 6.20 Å². The number of carbonyl (C=O) groups excluding carboxylic acids is 2. The van der Waals surface area contributed by atoms with Crippen molar-refractivity contribution in [3.05, 3.63) is 29.6 Å². The van der Waals surface area contributed by atoms with Crippen LogP contribution in [0.1, 0.15) is 53.5 Å². The van der Waals surface area contributed by atoms with Crippen molar-refractivity contribution < 1.29 is 14.3 Å². The van der Waals surface area contributed by atoms with Gasteiger partial charge in [0.05, 0.1) is 6.10 Å². The van der Waals surface area contributed by atoms with E-state index >= 15 is 0 Å². The highest BCUT2D eigenvalue weighted by atomic mass is 16.5. The van der Waals surface area contributed by atoms with Gasteiger partial charge in [0, 0.05) is 38.0 Å². The number of hydrogen-bond donors (Lipinski definition) is 1. The van der Waals surface area contributed by atoms with Gasteiger partial charge in [0.2, 0.25) is 0 Å². The van der Waals surface area contributed by atoms with E-state index in [0.717, 1.165) is 45.4 Å². The van der Waals surface area contributed by atoms with E-state index in [9.17, 15) is 9.59 Å². The number of piperidine rings is 1. The minimum absolute atomic E-state index is 0.0165. The monoisotopic (exact) mass is 331 g/mol. The number of nitrogens with zero attached hydrogens (tertiary/aromatic N) is 2. The second kappa shape index (κ2) is 7.75. The smallest absolute Gasteiger partial charge is 0.269 e. The molecular formula is C18H25N3O3. The van der Waals surface area contributed by atoms with Gasteiger partial charge in [0.15, 0.2) is 0 Å². The third kappa shape index (κ3) is 4.12. The minimum atomic E-state index is -0.257. The summed E-state index contributed by atoms with van der Waals surface area (Å²) in [7, 11) is 0. The Hall–Kier alpha value is -1.95. The van der Waals surface area contributed by atoms with Gasteiger partial charge in [-0.25, -0.2) is 0 Å². The van der Waals surface area contributed by atoms with Crippen LogP contribution in [0.5, 0.6) is 0 Å². The standard InChI is InChI=1S/C18H25N3O3/c1-13-4-2-8-21(12-13)18(23)14-6-7-19-16(10-14)17(22)20-11-15-5-3-9-24-15/h6-7,10,13,15H,2-5,8-9,11-12H2,1H3,(H,20,22). The molecule has 1 aromatic rings. The highest BCUT2D eigenvalue weighted by Gasteiger charge is 2.23. The molecule has 2 amide bonds. The van der Waals surface area contributed by atoms with E-state index in [0.29, 0.717) is 18.0 Å². The zero-order valence-corrected chi connectivity index (χ0v) is 14.2. The van der Waals surface area contributed by atoms with Crippen LogP contribution >= 0.6 is 0 Å². The molecule has 6 heteroatoms. The molecule has 0 radical (unpaired) electrons. The van der Waals surface area contributed by atoms with Crippen molar-refractivity contribution in [1.82, 2.24) is 15.2 Å². The van der Waals surface area contributed by atoms with Crippen LogP contribution in [-0.4, -0.2) is 54.0 Å². The van der Waals surface area contributed by atoms with E-state index in [2.05, 4.69) is 17.2 Å². The number of ether oxygens (including phenoxy) is 1. The molecule has 6 nitrogen and oxygen atoms in total. The second-order valence-corrected chi connectivity index (χ2v) is 6.77. The van der Waals surface area contributed by atoms with Crippen molar-refractivity contribution in [3.63, 3.8) is 0 Å². The van der Waals surface area contributed by atoms with Crippen LogP contribution in [0.15, 0.2) is 18.3 Å². The third-order valence-electron chi connectivity index (χ3n) is 4.70. The van der Waals surface area contributed by atoms with Crippen molar-refractivity contribution in [2.45, 2.75) is 38.7 Å². The maximum atomic E-state index is 12.6. The minimum Gasteiger partial charge on any atom is -0.376 e. The summed E-state index contributed by atoms with van der Waals surface area (Å²) < 4.78 is 5.49. The zero-order valence-electron chi connectivity index (χ0n) is 14.2. The molecule has 3 heterocycles. The van der Waals surface area contributed by atoms with Crippen molar-refractivity contribution in [2.24, 2.45) is 5.92 Å². The fourth-order valence-electron chi connectivity index (χ4n) is 3.35. The van der Waals surface area contributed by atoms with E-state index < -0.39 is 0 Å². The van der Waals surface area contributed by atoms with Gasteiger partial charge in [-0.2, -0.15) is 0 Å². The Morgan fingerprint density at radius 1 is 1.38 bits per heavy atom. The number of hydrogen-bond acceptors (Lipinski definition) is 4. The Bertz CT molecular complexity index is 599. The van der Waals surface area contributed by atoms with Crippen molar-refractivity contribution >= 4 is 11.8 Å². The highest BCUT2D eigenvalue weighted by molar-refractivity contribution is 5.98. The summed E-state index contributed by atoms with van der Waals surface area (Å²) in [6.45, 7) is 4.98. The van der Waals surface area contributed by atoms with E-state index in [1.54, 1.807) is 12.1 Å². The number of pyridine rings is 1. The van der Waals surface area contributed by atoms with Crippen molar-refractivity contribution in [1.29, 1.82) is 0 Å². The summed E-state index contributed by atoms with van der Waals surface area (Å²) in [6.07, 6.45) is 5.83. The maximum absolute atomic E-state index is 12.6. The molecule has 3 rings (SSSR count). The molecule has 2 atom stereocenters. The van der Waals surface area contributed by atoms with Gasteiger partial charge in [-0.15, -0.1) is 0 Å². The highest BCUT2D eigenvalue weighted by Crippen LogP contribution is 2.18. The van der Waals surface area contributed by atoms with Crippen LogP contribution < -0.4 is 5.32 Å². The molecule has 1 aromatic heterocycles. The topological polar surface area (TPSA) is 71.5 Å². The molecule has 24 heavy (non-hydrogen) atoms. The molecule has 130 valence electrons. The Kier molecular flexibility index (Phi) is 5.45. The van der Waals surface area contributed by atoms with Crippen LogP contribution in [-0.2, 0) is 4.74 Å². The predicted molar refractivity (Wildman–Crippen MR) is 89.8 cm³/mol. The van der Waals surface area contributed by atoms with Crippen LogP contribution in [0.25, 0.3) is 0 Å². The predicted octanol–water partition coefficient (Wildman–Crippen LogP) is 1.86. The molecular weight excluding hydrogens is 306 g/mol. The SMILES string of the molecule is CC1CCCN(C(=O)c2ccnc(C(=O)NCC3CCCO3)c2)C1. The van der Waals surface area contributed by atoms with Gasteiger partial charge in [0.25, 0.3) is 11.8 Å². The summed E-state index contributed by atoms with van der Waals surface area (Å²) in [6, 6.07) is 3.27. The Morgan fingerprint density at radius 2 is 2.25 bits per heavy atom. The third-order valence-corrected chi connectivity index (χ3v) is 4.70. The summed E-state index contributed by atoms with van der Waals surface area (Å²) >= 11 is 0. The van der Waals surface area contributed by atoms with Gasteiger partial charge < -0.3 is 15.0 Å². The average molecular weight is 331 g/mol. The summed E-state index contributed by atoms with van der Waals surface area (Å²) in [4.78, 5) is 30.9. The van der Waals surface area contributed by atoms with Crippen molar-refractivity contribution in [3.8, 4) is 0 Å². The fourth-order valence-corrected chi connectivity index (χ4v) is 3.35. The van der Waals surface area contributed by atoms with Gasteiger partial charge in [-0.1, -0.05) is 6.92 Å². The first-order chi connectivity index (χ1) is 11.6. The van der Waals surface area contributed by atoms with E-state index in [1.807, 2.05) is 4.90 Å². The number of likely N-dealkylation sites (tertiary alicyclic amines) is 1. The van der Waals surface area contributed by atoms with Crippen LogP contribution in [0.3, 0.4) is 0 Å². The molecule has 2 unspecified atom stereocenters. The molecule has 0 spiro atoms. The first-order valence-electron chi connectivity index (χ1n) is 8.78. The first kappa shape index (κ1) is 16.9. The fraction of sp³-hybridized carbons (Fsp3) is 0.611. The summed E-state index contributed by atoms with van der Waals surface area (Å²) in [5.74, 6) is 0.253. The lowest BCUT2D eigenvalue weighted by Crippen LogP contribution is -2.39. The van der Waals surface area contributed by atoms with E-state index in [4.69, 9.17) is 4.74 Å². The molecule has 2 saturated heterocycles. The Balaban J connectivity index is 1.62. The molecule has 0 bridgehead atoms. The molecule has 2 aliphatic rings. The van der Waals surface area contributed by atoms with Crippen LogP contribution in [0, 0.1) is 5.92 Å². The molecule has 1 N–H and O–H groups in total. The summed E-state index contributed by atoms with van der Waals surface area (Å²) in [5.41, 5.74) is 0.810. The average Bonchev–Trinajstić information content (AvgIpc) is 3.12. The van der Waals surface area contributed by atoms with Gasteiger partial charge >= 0.3 is 0 Å². The molecule has 2 aliphatic heterocycles. The lowest BCUT2D eigenvalue weighted by molar-refractivity contribution is 0.0683. The molecule has 2 fully saturated rings. The van der Waals surface area contributed by atoms with Gasteiger partial charge in [0.1, 0.15) is 5.69 Å². The number of nitrogens with one attached hydrogen (secondary N) is 1. The lowest BCUT2D eigenvalue weighted by Gasteiger charge is -2.31. The number of amides is 2. The number of aromatic nitrogens is 1. The quantitative estimate of drug-likeness (QED) is 0.914. The van der Waals surface area contributed by atoms with Crippen LogP contribution in [0.2, 0.25) is 0 Å². The molecule has 0 saturated carbocycles. The summed E-state index contributed by atoms with van der Waals surface area (Å²) in [5, 5.41) is 2.84. The number of carbonyl (C=O) groups is 2. The Morgan fingerprint density at radius 3 is 3.00 bits per heavy atom. The number of rotatable bonds is 4. The Labute approximate surface area is 142 Å². The van der Waals surface area contributed by atoms with Gasteiger partial charge in [-0.3, -0.25) is 14.6 Å². The zero-order chi connectivity index (χ0) is 16.9. The van der Waals surface area contributed by atoms with E-state index in [-0.39, 0.29) is 23.6 Å².